The van der Waals surface area contributed by atoms with Gasteiger partial charge in [-0.25, -0.2) is 9.79 Å². The number of ether oxygens (including phenoxy) is 1. The molecule has 0 spiro atoms. The molecule has 1 rings (SSSR count). The minimum atomic E-state index is -0.622. The van der Waals surface area contributed by atoms with Crippen molar-refractivity contribution in [2.45, 2.75) is 0 Å². The molecule has 0 aliphatic carbocycles. The summed E-state index contributed by atoms with van der Waals surface area (Å²) in [6.07, 6.45) is 1.38. The highest BCUT2D eigenvalue weighted by Crippen LogP contribution is 2.10. The van der Waals surface area contributed by atoms with Crippen LogP contribution in [0.15, 0.2) is 41.5 Å². The van der Waals surface area contributed by atoms with E-state index in [1.54, 1.807) is 0 Å². The second-order valence-electron chi connectivity index (χ2n) is 3.05. The number of esters is 1. The molecule has 6 heteroatoms. The quantitative estimate of drug-likeness (QED) is 0.261. The molecule has 17 heavy (non-hydrogen) atoms. The van der Waals surface area contributed by atoms with Crippen molar-refractivity contribution in [2.24, 2.45) is 4.99 Å². The van der Waals surface area contributed by atoms with Crippen LogP contribution in [0, 0.1) is 10.1 Å². The number of hydrogen-bond acceptors (Lipinski definition) is 5. The molecule has 0 fully saturated rings. The van der Waals surface area contributed by atoms with Gasteiger partial charge in [-0.1, -0.05) is 6.58 Å². The van der Waals surface area contributed by atoms with Crippen molar-refractivity contribution in [3.8, 4) is 0 Å². The first kappa shape index (κ1) is 12.6. The summed E-state index contributed by atoms with van der Waals surface area (Å²) in [5.74, 6) is -0.622. The maximum Gasteiger partial charge on any atom is 0.356 e. The van der Waals surface area contributed by atoms with Crippen LogP contribution in [0.2, 0.25) is 0 Å². The lowest BCUT2D eigenvalue weighted by molar-refractivity contribution is -0.384. The molecule has 0 N–H and O–H groups in total. The van der Waals surface area contributed by atoms with Crippen LogP contribution >= 0.6 is 0 Å². The molecule has 1 aromatic carbocycles. The van der Waals surface area contributed by atoms with Gasteiger partial charge in [-0.3, -0.25) is 10.1 Å². The lowest BCUT2D eigenvalue weighted by Crippen LogP contribution is -2.01. The van der Waals surface area contributed by atoms with Gasteiger partial charge in [0.2, 0.25) is 0 Å². The van der Waals surface area contributed by atoms with E-state index in [-0.39, 0.29) is 11.4 Å². The summed E-state index contributed by atoms with van der Waals surface area (Å²) in [7, 11) is 1.23. The van der Waals surface area contributed by atoms with Crippen molar-refractivity contribution in [3.63, 3.8) is 0 Å². The van der Waals surface area contributed by atoms with Gasteiger partial charge in [0, 0.05) is 18.3 Å². The predicted molar refractivity (Wildman–Crippen MR) is 61.8 cm³/mol. The topological polar surface area (TPSA) is 81.8 Å². The van der Waals surface area contributed by atoms with E-state index in [1.807, 2.05) is 0 Å². The number of nitro benzene ring substituents is 1. The highest BCUT2D eigenvalue weighted by atomic mass is 16.6. The van der Waals surface area contributed by atoms with Crippen molar-refractivity contribution < 1.29 is 14.5 Å². The van der Waals surface area contributed by atoms with E-state index in [9.17, 15) is 14.9 Å². The van der Waals surface area contributed by atoms with Gasteiger partial charge >= 0.3 is 5.97 Å². The van der Waals surface area contributed by atoms with Crippen molar-refractivity contribution in [1.29, 1.82) is 0 Å². The largest absolute Gasteiger partial charge is 0.464 e. The van der Waals surface area contributed by atoms with E-state index in [0.717, 1.165) is 0 Å². The fourth-order valence-electron chi connectivity index (χ4n) is 1.01. The Bertz CT molecular complexity index is 477. The molecule has 0 unspecified atom stereocenters. The number of non-ortho nitro benzene ring substituents is 1. The van der Waals surface area contributed by atoms with Gasteiger partial charge in [0.25, 0.3) is 5.69 Å². The van der Waals surface area contributed by atoms with Crippen molar-refractivity contribution in [3.05, 3.63) is 52.2 Å². The molecule has 0 saturated carbocycles. The molecular weight excluding hydrogens is 224 g/mol. The fraction of sp³-hybridized carbons (Fsp3) is 0.0909. The van der Waals surface area contributed by atoms with Gasteiger partial charge < -0.3 is 4.74 Å². The Morgan fingerprint density at radius 2 is 2.06 bits per heavy atom. The second-order valence-corrected chi connectivity index (χ2v) is 3.05. The van der Waals surface area contributed by atoms with Crippen LogP contribution in [0.4, 0.5) is 5.69 Å². The monoisotopic (exact) mass is 234 g/mol. The smallest absolute Gasteiger partial charge is 0.356 e. The molecule has 0 radical (unpaired) electrons. The SMILES string of the molecule is C=C(N=Cc1ccc([N+](=O)[O-])cc1)C(=O)OC. The summed E-state index contributed by atoms with van der Waals surface area (Å²) in [5, 5.41) is 10.4. The minimum Gasteiger partial charge on any atom is -0.464 e. The Morgan fingerprint density at radius 1 is 1.47 bits per heavy atom. The Morgan fingerprint density at radius 3 is 2.53 bits per heavy atom. The van der Waals surface area contributed by atoms with E-state index < -0.39 is 10.9 Å². The molecule has 0 bridgehead atoms. The van der Waals surface area contributed by atoms with Gasteiger partial charge in [0.1, 0.15) is 5.70 Å². The number of rotatable bonds is 4. The highest BCUT2D eigenvalue weighted by Gasteiger charge is 2.04. The molecule has 0 atom stereocenters. The summed E-state index contributed by atoms with van der Waals surface area (Å²) in [4.78, 5) is 24.6. The summed E-state index contributed by atoms with van der Waals surface area (Å²) in [6, 6.07) is 5.74. The zero-order valence-corrected chi connectivity index (χ0v) is 9.12. The van der Waals surface area contributed by atoms with Crippen molar-refractivity contribution in [1.82, 2.24) is 0 Å². The number of aliphatic imine (C=N–C) groups is 1. The Hall–Kier alpha value is -2.50. The van der Waals surface area contributed by atoms with E-state index in [0.29, 0.717) is 5.56 Å². The summed E-state index contributed by atoms with van der Waals surface area (Å²) in [6.45, 7) is 3.41. The second kappa shape index (κ2) is 5.55. The molecule has 0 amide bonds. The number of nitro groups is 1. The lowest BCUT2D eigenvalue weighted by atomic mass is 10.2. The van der Waals surface area contributed by atoms with Crippen molar-refractivity contribution >= 4 is 17.9 Å². The third kappa shape index (κ3) is 3.53. The number of benzene rings is 1. The Kier molecular flexibility index (Phi) is 4.10. The first-order chi connectivity index (χ1) is 8.04. The molecule has 0 saturated heterocycles. The van der Waals surface area contributed by atoms with E-state index >= 15 is 0 Å². The fourth-order valence-corrected chi connectivity index (χ4v) is 1.01. The number of hydrogen-bond donors (Lipinski definition) is 0. The zero-order chi connectivity index (χ0) is 12.8. The highest BCUT2D eigenvalue weighted by molar-refractivity contribution is 5.91. The predicted octanol–water partition coefficient (Wildman–Crippen LogP) is 1.70. The normalized spacial score (nSPS) is 10.2. The van der Waals surface area contributed by atoms with Crippen LogP contribution in [0.3, 0.4) is 0 Å². The van der Waals surface area contributed by atoms with Gasteiger partial charge in [-0.15, -0.1) is 0 Å². The van der Waals surface area contributed by atoms with Gasteiger partial charge in [-0.05, 0) is 17.7 Å². The average molecular weight is 234 g/mol. The molecule has 0 heterocycles. The number of carbonyl (C=O) groups excluding carboxylic acids is 1. The molecule has 0 aliphatic rings. The van der Waals surface area contributed by atoms with Crippen LogP contribution in [0.25, 0.3) is 0 Å². The first-order valence-electron chi connectivity index (χ1n) is 4.60. The lowest BCUT2D eigenvalue weighted by Gasteiger charge is -1.96. The maximum absolute atomic E-state index is 11.0. The molecule has 88 valence electrons. The number of carbonyl (C=O) groups is 1. The molecule has 1 aromatic rings. The maximum atomic E-state index is 11.0. The molecule has 6 nitrogen and oxygen atoms in total. The van der Waals surface area contributed by atoms with Crippen LogP contribution in [-0.2, 0) is 9.53 Å². The summed E-state index contributed by atoms with van der Waals surface area (Å²) >= 11 is 0. The Balaban J connectivity index is 2.76. The van der Waals surface area contributed by atoms with Crippen LogP contribution in [-0.4, -0.2) is 24.2 Å². The van der Waals surface area contributed by atoms with Crippen molar-refractivity contribution in [2.75, 3.05) is 7.11 Å². The standard InChI is InChI=1S/C11H10N2O4/c1-8(11(14)17-2)12-7-9-3-5-10(6-4-9)13(15)16/h3-7H,1H2,2H3. The van der Waals surface area contributed by atoms with Crippen LogP contribution in [0.5, 0.6) is 0 Å². The number of nitrogens with zero attached hydrogens (tertiary/aromatic N) is 2. The first-order valence-corrected chi connectivity index (χ1v) is 4.60. The van der Waals surface area contributed by atoms with Gasteiger partial charge in [0.15, 0.2) is 0 Å². The molecular formula is C11H10N2O4. The van der Waals surface area contributed by atoms with Gasteiger partial charge in [0.05, 0.1) is 12.0 Å². The molecule has 0 aliphatic heterocycles. The number of methoxy groups -OCH3 is 1. The van der Waals surface area contributed by atoms with E-state index in [4.69, 9.17) is 0 Å². The third-order valence-corrected chi connectivity index (χ3v) is 1.89. The average Bonchev–Trinajstić information content (AvgIpc) is 2.35. The van der Waals surface area contributed by atoms with E-state index in [2.05, 4.69) is 16.3 Å². The summed E-state index contributed by atoms with van der Waals surface area (Å²) in [5.41, 5.74) is 0.584. The van der Waals surface area contributed by atoms with E-state index in [1.165, 1.54) is 37.6 Å². The van der Waals surface area contributed by atoms with Crippen LogP contribution in [0.1, 0.15) is 5.56 Å². The minimum absolute atomic E-state index is 0.00561. The summed E-state index contributed by atoms with van der Waals surface area (Å²) < 4.78 is 4.41. The zero-order valence-electron chi connectivity index (χ0n) is 9.12. The Labute approximate surface area is 97.4 Å². The van der Waals surface area contributed by atoms with Gasteiger partial charge in [-0.2, -0.15) is 0 Å². The van der Waals surface area contributed by atoms with Crippen LogP contribution < -0.4 is 0 Å². The third-order valence-electron chi connectivity index (χ3n) is 1.89. The molecule has 0 aromatic heterocycles.